The maximum absolute atomic E-state index is 5.83. The van der Waals surface area contributed by atoms with Gasteiger partial charge in [-0.3, -0.25) is 0 Å². The molecule has 5 heteroatoms. The molecule has 19 heavy (non-hydrogen) atoms. The maximum Gasteiger partial charge on any atom is 0.160 e. The van der Waals surface area contributed by atoms with E-state index in [9.17, 15) is 0 Å². The monoisotopic (exact) mass is 288 g/mol. The van der Waals surface area contributed by atoms with Crippen LogP contribution in [0.25, 0.3) is 0 Å². The van der Waals surface area contributed by atoms with Crippen LogP contribution in [0, 0.1) is 0 Å². The van der Waals surface area contributed by atoms with Crippen molar-refractivity contribution in [2.45, 2.75) is 26.7 Å². The minimum Gasteiger partial charge on any atom is -0.487 e. The third-order valence-electron chi connectivity index (χ3n) is 3.18. The van der Waals surface area contributed by atoms with Crippen LogP contribution >= 0.6 is 13.5 Å². The highest BCUT2D eigenvalue weighted by Gasteiger charge is 2.20. The lowest BCUT2D eigenvalue weighted by molar-refractivity contribution is -0.000515. The zero-order chi connectivity index (χ0) is 12.8. The molecule has 4 nitrogen and oxygen atoms in total. The van der Waals surface area contributed by atoms with Gasteiger partial charge in [-0.05, 0) is 37.8 Å². The molecule has 0 bridgehead atoms. The van der Waals surface area contributed by atoms with Gasteiger partial charge in [0, 0.05) is 0 Å². The summed E-state index contributed by atoms with van der Waals surface area (Å²) in [6, 6.07) is 0. The van der Waals surface area contributed by atoms with Crippen LogP contribution < -0.4 is 0 Å². The third-order valence-corrected chi connectivity index (χ3v) is 3.18. The van der Waals surface area contributed by atoms with E-state index in [1.165, 1.54) is 11.1 Å². The Morgan fingerprint density at radius 1 is 0.632 bits per heavy atom. The predicted octanol–water partition coefficient (Wildman–Crippen LogP) is 2.52. The van der Waals surface area contributed by atoms with Crippen molar-refractivity contribution < 1.29 is 18.9 Å². The molecule has 0 N–H and O–H groups in total. The molecule has 2 rings (SSSR count). The zero-order valence-electron chi connectivity index (χ0n) is 11.8. The standard InChI is InChI=1S/C14H22O4.H2S/c1-11-3-4-12(2)14-13(11)17-9-7-15-5-6-16-8-10-18-14;/h3-10H2,1-2H3;1H2. The minimum atomic E-state index is 0. The molecule has 0 spiro atoms. The fraction of sp³-hybridized carbons (Fsp3) is 0.714. The summed E-state index contributed by atoms with van der Waals surface area (Å²) in [5.41, 5.74) is 2.52. The number of rotatable bonds is 0. The summed E-state index contributed by atoms with van der Waals surface area (Å²) in [4.78, 5) is 0. The van der Waals surface area contributed by atoms with Crippen molar-refractivity contribution in [2.75, 3.05) is 39.6 Å². The fourth-order valence-electron chi connectivity index (χ4n) is 2.09. The molecular weight excluding hydrogens is 264 g/mol. The van der Waals surface area contributed by atoms with Gasteiger partial charge < -0.3 is 18.9 Å². The van der Waals surface area contributed by atoms with Gasteiger partial charge >= 0.3 is 0 Å². The lowest BCUT2D eigenvalue weighted by Crippen LogP contribution is -2.17. The fourth-order valence-corrected chi connectivity index (χ4v) is 2.09. The number of hydrogen-bond donors (Lipinski definition) is 0. The largest absolute Gasteiger partial charge is 0.487 e. The van der Waals surface area contributed by atoms with E-state index in [1.807, 2.05) is 0 Å². The SMILES string of the molecule is CC1=C2OCCOCCOCCOC2=C(C)CC1.S. The molecule has 0 aromatic carbocycles. The quantitative estimate of drug-likeness (QED) is 0.686. The van der Waals surface area contributed by atoms with Gasteiger partial charge in [0.15, 0.2) is 11.5 Å². The maximum atomic E-state index is 5.83. The highest BCUT2D eigenvalue weighted by atomic mass is 32.1. The average Bonchev–Trinajstić information content (AvgIpc) is 2.35. The zero-order valence-corrected chi connectivity index (χ0v) is 12.8. The van der Waals surface area contributed by atoms with Crippen molar-refractivity contribution in [3.63, 3.8) is 0 Å². The third kappa shape index (κ3) is 4.75. The first kappa shape index (κ1) is 16.4. The van der Waals surface area contributed by atoms with Crippen LogP contribution in [-0.4, -0.2) is 39.6 Å². The number of hydrogen-bond acceptors (Lipinski definition) is 4. The molecule has 0 aromatic heterocycles. The molecule has 0 amide bonds. The Hall–Kier alpha value is -0.650. The van der Waals surface area contributed by atoms with Gasteiger partial charge in [0.1, 0.15) is 13.2 Å². The first-order chi connectivity index (χ1) is 8.79. The molecule has 0 aromatic rings. The number of ether oxygens (including phenoxy) is 4. The molecule has 0 atom stereocenters. The Morgan fingerprint density at radius 2 is 1.00 bits per heavy atom. The van der Waals surface area contributed by atoms with Crippen molar-refractivity contribution in [1.82, 2.24) is 0 Å². The van der Waals surface area contributed by atoms with E-state index >= 15 is 0 Å². The van der Waals surface area contributed by atoms with Crippen molar-refractivity contribution in [3.8, 4) is 0 Å². The summed E-state index contributed by atoms with van der Waals surface area (Å²) >= 11 is 0. The normalized spacial score (nSPS) is 22.2. The van der Waals surface area contributed by atoms with Crippen LogP contribution in [0.15, 0.2) is 22.7 Å². The van der Waals surface area contributed by atoms with Gasteiger partial charge in [0.2, 0.25) is 0 Å². The number of fused-ring (bicyclic) bond motifs is 1. The van der Waals surface area contributed by atoms with E-state index in [-0.39, 0.29) is 13.5 Å². The lowest BCUT2D eigenvalue weighted by atomic mass is 9.97. The summed E-state index contributed by atoms with van der Waals surface area (Å²) in [6.07, 6.45) is 2.09. The van der Waals surface area contributed by atoms with E-state index < -0.39 is 0 Å². The molecule has 0 unspecified atom stereocenters. The Labute approximate surface area is 122 Å². The minimum absolute atomic E-state index is 0. The Balaban J connectivity index is 0.00000180. The first-order valence-corrected chi connectivity index (χ1v) is 6.60. The smallest absolute Gasteiger partial charge is 0.160 e. The van der Waals surface area contributed by atoms with Gasteiger partial charge in [0.25, 0.3) is 0 Å². The van der Waals surface area contributed by atoms with E-state index in [2.05, 4.69) is 13.8 Å². The molecule has 0 radical (unpaired) electrons. The summed E-state index contributed by atoms with van der Waals surface area (Å²) in [6.45, 7) is 7.74. The second kappa shape index (κ2) is 8.51. The summed E-state index contributed by atoms with van der Waals surface area (Å²) in [5.74, 6) is 1.81. The summed E-state index contributed by atoms with van der Waals surface area (Å²) in [5, 5.41) is 0. The molecule has 2 aliphatic rings. The second-order valence-corrected chi connectivity index (χ2v) is 4.64. The van der Waals surface area contributed by atoms with E-state index in [0.717, 1.165) is 24.4 Å². The van der Waals surface area contributed by atoms with Crippen molar-refractivity contribution in [2.24, 2.45) is 0 Å². The topological polar surface area (TPSA) is 36.9 Å². The highest BCUT2D eigenvalue weighted by molar-refractivity contribution is 7.59. The highest BCUT2D eigenvalue weighted by Crippen LogP contribution is 2.31. The molecule has 1 saturated heterocycles. The van der Waals surface area contributed by atoms with Crippen molar-refractivity contribution in [3.05, 3.63) is 22.7 Å². The molecule has 110 valence electrons. The van der Waals surface area contributed by atoms with Gasteiger partial charge in [-0.15, -0.1) is 0 Å². The van der Waals surface area contributed by atoms with Crippen molar-refractivity contribution >= 4 is 13.5 Å². The van der Waals surface area contributed by atoms with Crippen LogP contribution in [0.4, 0.5) is 0 Å². The average molecular weight is 288 g/mol. The van der Waals surface area contributed by atoms with Gasteiger partial charge in [-0.25, -0.2) is 0 Å². The van der Waals surface area contributed by atoms with Crippen LogP contribution in [-0.2, 0) is 18.9 Å². The van der Waals surface area contributed by atoms with Crippen LogP contribution in [0.3, 0.4) is 0 Å². The molecule has 1 aliphatic carbocycles. The molecule has 1 aliphatic heterocycles. The second-order valence-electron chi connectivity index (χ2n) is 4.64. The van der Waals surface area contributed by atoms with Crippen molar-refractivity contribution in [1.29, 1.82) is 0 Å². The van der Waals surface area contributed by atoms with Gasteiger partial charge in [-0.2, -0.15) is 13.5 Å². The van der Waals surface area contributed by atoms with Crippen LogP contribution in [0.1, 0.15) is 26.7 Å². The Bertz CT molecular complexity index is 315. The van der Waals surface area contributed by atoms with E-state index in [4.69, 9.17) is 18.9 Å². The van der Waals surface area contributed by atoms with E-state index in [0.29, 0.717) is 39.6 Å². The summed E-state index contributed by atoms with van der Waals surface area (Å²) < 4.78 is 22.5. The Morgan fingerprint density at radius 3 is 1.42 bits per heavy atom. The first-order valence-electron chi connectivity index (χ1n) is 6.60. The van der Waals surface area contributed by atoms with Gasteiger partial charge in [0.05, 0.1) is 26.4 Å². The molecular formula is C14H24O4S. The molecule has 1 heterocycles. The van der Waals surface area contributed by atoms with Crippen LogP contribution in [0.5, 0.6) is 0 Å². The summed E-state index contributed by atoms with van der Waals surface area (Å²) in [7, 11) is 0. The predicted molar refractivity (Wildman–Crippen MR) is 78.6 cm³/mol. The van der Waals surface area contributed by atoms with Gasteiger partial charge in [-0.1, -0.05) is 0 Å². The Kier molecular flexibility index (Phi) is 7.34. The van der Waals surface area contributed by atoms with Crippen LogP contribution in [0.2, 0.25) is 0 Å². The lowest BCUT2D eigenvalue weighted by Gasteiger charge is -2.24. The van der Waals surface area contributed by atoms with E-state index in [1.54, 1.807) is 0 Å². The molecule has 0 saturated carbocycles. The number of allylic oxidation sites excluding steroid dienone is 2. The molecule has 1 fully saturated rings.